The van der Waals surface area contributed by atoms with Crippen molar-refractivity contribution in [1.82, 2.24) is 24.1 Å². The van der Waals surface area contributed by atoms with Crippen LogP contribution in [0.2, 0.25) is 0 Å². The molecule has 1 aromatic carbocycles. The lowest BCUT2D eigenvalue weighted by Crippen LogP contribution is -2.36. The van der Waals surface area contributed by atoms with Crippen LogP contribution in [0.25, 0.3) is 5.69 Å². The van der Waals surface area contributed by atoms with Gasteiger partial charge in [0.15, 0.2) is 5.82 Å². The molecule has 0 aliphatic carbocycles. The van der Waals surface area contributed by atoms with Gasteiger partial charge in [0.1, 0.15) is 10.6 Å². The molecule has 0 fully saturated rings. The van der Waals surface area contributed by atoms with Crippen LogP contribution in [0.1, 0.15) is 42.5 Å². The summed E-state index contributed by atoms with van der Waals surface area (Å²) in [7, 11) is -0.447. The topological polar surface area (TPSA) is 197 Å². The zero-order valence-electron chi connectivity index (χ0n) is 22.0. The molecule has 15 heteroatoms. The maximum atomic E-state index is 13.6. The molecule has 2 amide bonds. The summed E-state index contributed by atoms with van der Waals surface area (Å²) < 4.78 is 29.0. The Kier molecular flexibility index (Phi) is 7.06. The van der Waals surface area contributed by atoms with Crippen LogP contribution in [0.3, 0.4) is 0 Å². The summed E-state index contributed by atoms with van der Waals surface area (Å²) in [5.41, 5.74) is 7.28. The number of hydrogen-bond acceptors (Lipinski definition) is 8. The van der Waals surface area contributed by atoms with Crippen molar-refractivity contribution < 1.29 is 27.9 Å². The van der Waals surface area contributed by atoms with Crippen LogP contribution in [0.15, 0.2) is 59.9 Å². The summed E-state index contributed by atoms with van der Waals surface area (Å²) in [5.74, 6) is -2.69. The van der Waals surface area contributed by atoms with Crippen molar-refractivity contribution in [1.29, 1.82) is 0 Å². The number of carbonyl (C=O) groups excluding carboxylic acids is 2. The molecular weight excluding hydrogens is 552 g/mol. The van der Waals surface area contributed by atoms with Crippen molar-refractivity contribution in [2.24, 2.45) is 5.73 Å². The summed E-state index contributed by atoms with van der Waals surface area (Å²) in [4.78, 5) is 43.4. The average Bonchev–Trinajstić information content (AvgIpc) is 3.60. The molecule has 0 radical (unpaired) electrons. The SMILES string of the molecule is CN(C)c1cc(C(N)=O)c(C(=O)Nc2n[nH]c3c2CN(S(=O)(=O)c2cccnc2)CC3)cc1-n1cccc1C(=O)O. The summed E-state index contributed by atoms with van der Waals surface area (Å²) in [6.07, 6.45) is 4.60. The molecule has 0 saturated carbocycles. The van der Waals surface area contributed by atoms with E-state index < -0.39 is 27.8 Å². The normalized spacial score (nSPS) is 13.4. The van der Waals surface area contributed by atoms with E-state index in [4.69, 9.17) is 5.73 Å². The van der Waals surface area contributed by atoms with Gasteiger partial charge in [-0.25, -0.2) is 13.2 Å². The lowest BCUT2D eigenvalue weighted by atomic mass is 10.0. The number of aromatic nitrogens is 4. The fraction of sp³-hybridized carbons (Fsp3) is 0.192. The molecule has 1 aliphatic heterocycles. The number of amides is 2. The quantitative estimate of drug-likeness (QED) is 0.239. The summed E-state index contributed by atoms with van der Waals surface area (Å²) in [6, 6.07) is 8.74. The minimum Gasteiger partial charge on any atom is -0.477 e. The number of nitrogens with one attached hydrogen (secondary N) is 2. The number of aromatic amines is 1. The van der Waals surface area contributed by atoms with E-state index in [2.05, 4.69) is 20.5 Å². The van der Waals surface area contributed by atoms with E-state index in [9.17, 15) is 27.9 Å². The van der Waals surface area contributed by atoms with E-state index >= 15 is 0 Å². The van der Waals surface area contributed by atoms with Crippen LogP contribution >= 0.6 is 0 Å². The van der Waals surface area contributed by atoms with Gasteiger partial charge in [-0.1, -0.05) is 0 Å². The Morgan fingerprint density at radius 1 is 1.15 bits per heavy atom. The molecule has 3 aromatic heterocycles. The molecule has 0 spiro atoms. The van der Waals surface area contributed by atoms with Gasteiger partial charge in [-0.05, 0) is 36.4 Å². The number of fused-ring (bicyclic) bond motifs is 1. The van der Waals surface area contributed by atoms with Gasteiger partial charge in [-0.2, -0.15) is 9.40 Å². The molecule has 1 aliphatic rings. The van der Waals surface area contributed by atoms with Gasteiger partial charge in [0.25, 0.3) is 5.91 Å². The van der Waals surface area contributed by atoms with Gasteiger partial charge in [-0.3, -0.25) is 19.7 Å². The highest BCUT2D eigenvalue weighted by Crippen LogP contribution is 2.31. The first-order valence-electron chi connectivity index (χ1n) is 12.3. The molecule has 0 unspecified atom stereocenters. The number of anilines is 2. The van der Waals surface area contributed by atoms with Gasteiger partial charge >= 0.3 is 5.97 Å². The third-order valence-electron chi connectivity index (χ3n) is 6.74. The maximum absolute atomic E-state index is 13.6. The van der Waals surface area contributed by atoms with Crippen LogP contribution in [-0.4, -0.2) is 76.0 Å². The van der Waals surface area contributed by atoms with Crippen molar-refractivity contribution in [3.8, 4) is 5.69 Å². The highest BCUT2D eigenvalue weighted by Gasteiger charge is 2.32. The van der Waals surface area contributed by atoms with Crippen molar-refractivity contribution in [3.05, 3.63) is 83.1 Å². The third kappa shape index (κ3) is 5.03. The van der Waals surface area contributed by atoms with E-state index in [0.717, 1.165) is 0 Å². The Labute approximate surface area is 234 Å². The summed E-state index contributed by atoms with van der Waals surface area (Å²) >= 11 is 0. The number of benzene rings is 1. The number of sulfonamides is 1. The van der Waals surface area contributed by atoms with Crippen LogP contribution in [0.5, 0.6) is 0 Å². The van der Waals surface area contributed by atoms with Crippen molar-refractivity contribution >= 4 is 39.3 Å². The van der Waals surface area contributed by atoms with Crippen LogP contribution in [0.4, 0.5) is 11.5 Å². The van der Waals surface area contributed by atoms with Crippen molar-refractivity contribution in [2.75, 3.05) is 30.9 Å². The number of nitrogens with two attached hydrogens (primary N) is 1. The Morgan fingerprint density at radius 3 is 2.59 bits per heavy atom. The zero-order valence-corrected chi connectivity index (χ0v) is 22.8. The molecule has 5 rings (SSSR count). The van der Waals surface area contributed by atoms with E-state index in [1.165, 1.54) is 57.8 Å². The van der Waals surface area contributed by atoms with Gasteiger partial charge in [0.05, 0.1) is 22.5 Å². The number of carbonyl (C=O) groups is 3. The maximum Gasteiger partial charge on any atom is 0.352 e. The van der Waals surface area contributed by atoms with Gasteiger partial charge in [-0.15, -0.1) is 0 Å². The second-order valence-corrected chi connectivity index (χ2v) is 11.4. The Balaban J connectivity index is 1.52. The molecule has 41 heavy (non-hydrogen) atoms. The third-order valence-corrected chi connectivity index (χ3v) is 8.57. The average molecular weight is 579 g/mol. The molecule has 0 saturated heterocycles. The standard InChI is InChI=1S/C26H26N8O6S/c1-32(2)21-11-16(23(27)35)17(12-22(21)34-9-4-6-20(34)26(37)38)25(36)29-24-18-14-33(10-7-19(18)30-31-24)41(39,40)15-5-3-8-28-13-15/h3-6,8-9,11-13H,7,10,14H2,1-2H3,(H2,27,35)(H,37,38)(H2,29,30,31,36). The number of primary amides is 1. The Bertz CT molecular complexity index is 1780. The van der Waals surface area contributed by atoms with Gasteiger partial charge < -0.3 is 25.6 Å². The second-order valence-electron chi connectivity index (χ2n) is 9.47. The van der Waals surface area contributed by atoms with E-state index in [-0.39, 0.29) is 40.6 Å². The number of carboxylic acid groups (broad SMARTS) is 1. The zero-order chi connectivity index (χ0) is 29.5. The minimum atomic E-state index is -3.85. The van der Waals surface area contributed by atoms with E-state index in [0.29, 0.717) is 29.1 Å². The second kappa shape index (κ2) is 10.5. The van der Waals surface area contributed by atoms with Crippen LogP contribution < -0.4 is 16.0 Å². The molecule has 0 bridgehead atoms. The number of H-pyrrole nitrogens is 1. The predicted molar refractivity (Wildman–Crippen MR) is 148 cm³/mol. The van der Waals surface area contributed by atoms with Crippen LogP contribution in [0, 0.1) is 0 Å². The lowest BCUT2D eigenvalue weighted by molar-refractivity contribution is 0.0687. The smallest absolute Gasteiger partial charge is 0.352 e. The summed E-state index contributed by atoms with van der Waals surface area (Å²) in [6.45, 7) is 0.140. The number of pyridine rings is 1. The fourth-order valence-electron chi connectivity index (χ4n) is 4.69. The molecular formula is C26H26N8O6S. The number of aromatic carboxylic acids is 1. The predicted octanol–water partition coefficient (Wildman–Crippen LogP) is 1.46. The summed E-state index contributed by atoms with van der Waals surface area (Å²) in [5, 5.41) is 19.3. The first kappa shape index (κ1) is 27.5. The highest BCUT2D eigenvalue weighted by molar-refractivity contribution is 7.89. The van der Waals surface area contributed by atoms with Gasteiger partial charge in [0, 0.05) is 63.5 Å². The number of nitrogens with zero attached hydrogens (tertiary/aromatic N) is 5. The van der Waals surface area contributed by atoms with Crippen molar-refractivity contribution in [2.45, 2.75) is 17.9 Å². The lowest BCUT2D eigenvalue weighted by Gasteiger charge is -2.26. The fourth-order valence-corrected chi connectivity index (χ4v) is 6.06. The minimum absolute atomic E-state index is 0.0443. The molecule has 0 atom stereocenters. The number of rotatable bonds is 8. The number of hydrogen-bond donors (Lipinski definition) is 4. The van der Waals surface area contributed by atoms with Crippen molar-refractivity contribution in [3.63, 3.8) is 0 Å². The molecule has 5 N–H and O–H groups in total. The molecule has 212 valence electrons. The number of carboxylic acids is 1. The molecule has 14 nitrogen and oxygen atoms in total. The first-order valence-corrected chi connectivity index (χ1v) is 13.8. The molecule has 4 heterocycles. The highest BCUT2D eigenvalue weighted by atomic mass is 32.2. The van der Waals surface area contributed by atoms with E-state index in [1.807, 2.05) is 0 Å². The Morgan fingerprint density at radius 2 is 1.93 bits per heavy atom. The molecule has 4 aromatic rings. The van der Waals surface area contributed by atoms with E-state index in [1.54, 1.807) is 25.1 Å². The Hall–Kier alpha value is -5.02. The van der Waals surface area contributed by atoms with Crippen LogP contribution in [-0.2, 0) is 23.0 Å². The first-order chi connectivity index (χ1) is 19.5. The van der Waals surface area contributed by atoms with Gasteiger partial charge in [0.2, 0.25) is 15.9 Å². The monoisotopic (exact) mass is 578 g/mol. The largest absolute Gasteiger partial charge is 0.477 e.